The first kappa shape index (κ1) is 11.9. The summed E-state index contributed by atoms with van der Waals surface area (Å²) in [5.74, 6) is 1.73. The molecule has 1 aromatic rings. The van der Waals surface area contributed by atoms with Crippen molar-refractivity contribution in [1.82, 2.24) is 15.0 Å². The van der Waals surface area contributed by atoms with Crippen LogP contribution in [0.25, 0.3) is 0 Å². The van der Waals surface area contributed by atoms with Crippen molar-refractivity contribution in [2.45, 2.75) is 36.4 Å². The molecule has 1 atom stereocenters. The van der Waals surface area contributed by atoms with Gasteiger partial charge in [0.2, 0.25) is 11.9 Å². The molecule has 1 aromatic heterocycles. The number of aromatic nitrogens is 3. The number of anilines is 1. The van der Waals surface area contributed by atoms with Gasteiger partial charge in [0.05, 0.1) is 0 Å². The molecule has 2 aliphatic rings. The second-order valence-electron chi connectivity index (χ2n) is 4.72. The van der Waals surface area contributed by atoms with E-state index in [9.17, 15) is 4.79 Å². The van der Waals surface area contributed by atoms with E-state index < -0.39 is 0 Å². The fraction of sp³-hybridized carbons (Fsp3) is 0.636. The molecule has 1 saturated carbocycles. The molecule has 0 aromatic carbocycles. The Morgan fingerprint density at radius 1 is 1.33 bits per heavy atom. The maximum absolute atomic E-state index is 11.8. The molecule has 2 fully saturated rings. The van der Waals surface area contributed by atoms with E-state index in [-0.39, 0.29) is 11.9 Å². The summed E-state index contributed by atoms with van der Waals surface area (Å²) < 4.78 is 0. The van der Waals surface area contributed by atoms with Crippen molar-refractivity contribution in [3.05, 3.63) is 5.82 Å². The number of amides is 1. The number of hydrogen-bond donors (Lipinski definition) is 1. The normalized spacial score (nSPS) is 23.8. The lowest BCUT2D eigenvalue weighted by molar-refractivity contribution is -0.117. The minimum absolute atomic E-state index is 0.00231. The second-order valence-corrected chi connectivity index (χ2v) is 5.50. The van der Waals surface area contributed by atoms with Crippen molar-refractivity contribution in [2.75, 3.05) is 17.7 Å². The molecular formula is C11H15N5OS. The van der Waals surface area contributed by atoms with Gasteiger partial charge in [-0.25, -0.2) is 4.98 Å². The summed E-state index contributed by atoms with van der Waals surface area (Å²) in [6.45, 7) is 0.501. The van der Waals surface area contributed by atoms with E-state index in [0.29, 0.717) is 30.0 Å². The fourth-order valence-electron chi connectivity index (χ4n) is 2.03. The van der Waals surface area contributed by atoms with E-state index in [0.717, 1.165) is 18.7 Å². The number of rotatable bonds is 3. The van der Waals surface area contributed by atoms with Crippen LogP contribution in [0.5, 0.6) is 0 Å². The molecule has 1 unspecified atom stereocenters. The Bertz CT molecular complexity index is 490. The zero-order valence-corrected chi connectivity index (χ0v) is 11.0. The van der Waals surface area contributed by atoms with Crippen LogP contribution in [0.4, 0.5) is 5.95 Å². The summed E-state index contributed by atoms with van der Waals surface area (Å²) in [6, 6.07) is -0.114. The van der Waals surface area contributed by atoms with Gasteiger partial charge in [-0.1, -0.05) is 11.8 Å². The highest BCUT2D eigenvalue weighted by molar-refractivity contribution is 7.98. The van der Waals surface area contributed by atoms with Crippen molar-refractivity contribution in [1.29, 1.82) is 0 Å². The molecule has 1 amide bonds. The Morgan fingerprint density at radius 3 is 2.67 bits per heavy atom. The first-order valence-corrected chi connectivity index (χ1v) is 7.25. The molecule has 0 radical (unpaired) electrons. The van der Waals surface area contributed by atoms with Crippen molar-refractivity contribution >= 4 is 23.6 Å². The number of carbonyl (C=O) groups is 1. The third-order valence-electron chi connectivity index (χ3n) is 3.14. The highest BCUT2D eigenvalue weighted by Gasteiger charge is 2.33. The lowest BCUT2D eigenvalue weighted by Gasteiger charge is -2.14. The van der Waals surface area contributed by atoms with Gasteiger partial charge in [0.15, 0.2) is 5.16 Å². The average Bonchev–Trinajstić information content (AvgIpc) is 3.14. The monoisotopic (exact) mass is 265 g/mol. The number of nitrogens with two attached hydrogens (primary N) is 1. The van der Waals surface area contributed by atoms with E-state index in [1.54, 1.807) is 4.90 Å². The highest BCUT2D eigenvalue weighted by Crippen LogP contribution is 2.39. The van der Waals surface area contributed by atoms with E-state index in [1.165, 1.54) is 11.8 Å². The maximum atomic E-state index is 11.8. The molecular weight excluding hydrogens is 250 g/mol. The Balaban J connectivity index is 1.95. The fourth-order valence-corrected chi connectivity index (χ4v) is 2.38. The summed E-state index contributed by atoms with van der Waals surface area (Å²) in [7, 11) is 0. The molecule has 6 nitrogen and oxygen atoms in total. The number of nitrogens with zero attached hydrogens (tertiary/aromatic N) is 4. The van der Waals surface area contributed by atoms with Gasteiger partial charge in [0, 0.05) is 24.9 Å². The Hall–Kier alpha value is -1.21. The lowest BCUT2D eigenvalue weighted by atomic mass is 10.3. The third kappa shape index (κ3) is 2.20. The zero-order chi connectivity index (χ0) is 12.7. The molecule has 96 valence electrons. The van der Waals surface area contributed by atoms with Crippen LogP contribution in [-0.4, -0.2) is 39.7 Å². The van der Waals surface area contributed by atoms with Crippen molar-refractivity contribution in [2.24, 2.45) is 5.73 Å². The minimum Gasteiger partial charge on any atom is -0.326 e. The lowest BCUT2D eigenvalue weighted by Crippen LogP contribution is -2.30. The van der Waals surface area contributed by atoms with Gasteiger partial charge >= 0.3 is 0 Å². The molecule has 1 aliphatic heterocycles. The van der Waals surface area contributed by atoms with Gasteiger partial charge < -0.3 is 5.73 Å². The van der Waals surface area contributed by atoms with Gasteiger partial charge in [-0.3, -0.25) is 9.69 Å². The first-order valence-electron chi connectivity index (χ1n) is 6.03. The van der Waals surface area contributed by atoms with Crippen LogP contribution in [0.1, 0.15) is 31.0 Å². The first-order chi connectivity index (χ1) is 8.67. The number of hydrogen-bond acceptors (Lipinski definition) is 6. The quantitative estimate of drug-likeness (QED) is 0.803. The zero-order valence-electron chi connectivity index (χ0n) is 10.2. The summed E-state index contributed by atoms with van der Waals surface area (Å²) in [4.78, 5) is 26.5. The van der Waals surface area contributed by atoms with Crippen LogP contribution in [0.2, 0.25) is 0 Å². The number of thioether (sulfide) groups is 1. The molecule has 3 rings (SSSR count). The van der Waals surface area contributed by atoms with E-state index in [4.69, 9.17) is 5.73 Å². The van der Waals surface area contributed by atoms with Crippen LogP contribution in [0.15, 0.2) is 5.16 Å². The standard InChI is InChI=1S/C11H15N5OS/c1-18-11-14-9(6-2-3-6)13-10(15-11)16-5-7(12)4-8(16)17/h6-7H,2-5,12H2,1H3. The summed E-state index contributed by atoms with van der Waals surface area (Å²) >= 11 is 1.47. The van der Waals surface area contributed by atoms with E-state index >= 15 is 0 Å². The predicted molar refractivity (Wildman–Crippen MR) is 68.5 cm³/mol. The van der Waals surface area contributed by atoms with Gasteiger partial charge in [-0.15, -0.1) is 0 Å². The van der Waals surface area contributed by atoms with E-state index in [2.05, 4.69) is 15.0 Å². The van der Waals surface area contributed by atoms with Crippen molar-refractivity contribution < 1.29 is 4.79 Å². The minimum atomic E-state index is -0.114. The van der Waals surface area contributed by atoms with Crippen molar-refractivity contribution in [3.8, 4) is 0 Å². The van der Waals surface area contributed by atoms with Crippen LogP contribution in [0, 0.1) is 0 Å². The molecule has 7 heteroatoms. The van der Waals surface area contributed by atoms with Crippen LogP contribution in [-0.2, 0) is 4.79 Å². The Morgan fingerprint density at radius 2 is 2.11 bits per heavy atom. The summed E-state index contributed by atoms with van der Waals surface area (Å²) in [5.41, 5.74) is 5.79. The molecule has 18 heavy (non-hydrogen) atoms. The molecule has 2 N–H and O–H groups in total. The van der Waals surface area contributed by atoms with Gasteiger partial charge in [-0.05, 0) is 19.1 Å². The van der Waals surface area contributed by atoms with Gasteiger partial charge in [0.1, 0.15) is 5.82 Å². The molecule has 0 spiro atoms. The topological polar surface area (TPSA) is 85.0 Å². The third-order valence-corrected chi connectivity index (χ3v) is 3.69. The highest BCUT2D eigenvalue weighted by atomic mass is 32.2. The summed E-state index contributed by atoms with van der Waals surface area (Å²) in [6.07, 6.45) is 4.56. The number of carbonyl (C=O) groups excluding carboxylic acids is 1. The van der Waals surface area contributed by atoms with Crippen molar-refractivity contribution in [3.63, 3.8) is 0 Å². The van der Waals surface area contributed by atoms with Crippen LogP contribution in [0.3, 0.4) is 0 Å². The van der Waals surface area contributed by atoms with Crippen LogP contribution < -0.4 is 10.6 Å². The molecule has 1 aliphatic carbocycles. The SMILES string of the molecule is CSc1nc(C2CC2)nc(N2CC(N)CC2=O)n1. The average molecular weight is 265 g/mol. The molecule has 1 saturated heterocycles. The smallest absolute Gasteiger partial charge is 0.236 e. The second kappa shape index (κ2) is 4.47. The van der Waals surface area contributed by atoms with Gasteiger partial charge in [-0.2, -0.15) is 9.97 Å². The Kier molecular flexibility index (Phi) is 2.95. The molecule has 2 heterocycles. The molecule has 0 bridgehead atoms. The Labute approximate surface area is 109 Å². The largest absolute Gasteiger partial charge is 0.326 e. The summed E-state index contributed by atoms with van der Waals surface area (Å²) in [5, 5.41) is 0.676. The van der Waals surface area contributed by atoms with E-state index in [1.807, 2.05) is 6.26 Å². The maximum Gasteiger partial charge on any atom is 0.236 e. The predicted octanol–water partition coefficient (Wildman–Crippen LogP) is 0.535. The van der Waals surface area contributed by atoms with Crippen LogP contribution >= 0.6 is 11.8 Å². The van der Waals surface area contributed by atoms with Gasteiger partial charge in [0.25, 0.3) is 0 Å².